The Morgan fingerprint density at radius 1 is 1.46 bits per heavy atom. The third kappa shape index (κ3) is 4.88. The van der Waals surface area contributed by atoms with Crippen LogP contribution in [0.2, 0.25) is 0 Å². The van der Waals surface area contributed by atoms with Crippen LogP contribution in [0.15, 0.2) is 28.0 Å². The van der Waals surface area contributed by atoms with Gasteiger partial charge in [0.05, 0.1) is 18.7 Å². The largest absolute Gasteiger partial charge is 0.468 e. The van der Waals surface area contributed by atoms with Gasteiger partial charge in [-0.05, 0) is 45.4 Å². The van der Waals surface area contributed by atoms with E-state index in [1.165, 1.54) is 0 Å². The Morgan fingerprint density at radius 2 is 2.35 bits per heavy atom. The summed E-state index contributed by atoms with van der Waals surface area (Å²) in [5.41, 5.74) is 0. The molecule has 26 heavy (non-hydrogen) atoms. The molecular formula is C18H27N5O2S. The molecule has 1 atom stereocenters. The molecule has 1 amide bonds. The second-order valence-electron chi connectivity index (χ2n) is 6.57. The summed E-state index contributed by atoms with van der Waals surface area (Å²) in [7, 11) is 0. The van der Waals surface area contributed by atoms with Gasteiger partial charge in [0.1, 0.15) is 11.6 Å². The lowest BCUT2D eigenvalue weighted by Gasteiger charge is -2.31. The third-order valence-corrected chi connectivity index (χ3v) is 5.65. The van der Waals surface area contributed by atoms with E-state index in [9.17, 15) is 4.79 Å². The Hall–Kier alpha value is -1.80. The number of aromatic nitrogens is 3. The molecule has 1 fully saturated rings. The second kappa shape index (κ2) is 9.23. The molecule has 0 aliphatic carbocycles. The molecule has 2 aromatic heterocycles. The van der Waals surface area contributed by atoms with E-state index < -0.39 is 0 Å². The fraction of sp³-hybridized carbons (Fsp3) is 0.611. The molecule has 1 aliphatic heterocycles. The zero-order valence-corrected chi connectivity index (χ0v) is 16.3. The number of nitrogens with zero attached hydrogens (tertiary/aromatic N) is 4. The van der Waals surface area contributed by atoms with Gasteiger partial charge >= 0.3 is 0 Å². The first-order valence-corrected chi connectivity index (χ1v) is 10.2. The lowest BCUT2D eigenvalue weighted by atomic mass is 9.97. The van der Waals surface area contributed by atoms with Gasteiger partial charge in [0.15, 0.2) is 5.16 Å². The summed E-state index contributed by atoms with van der Waals surface area (Å²) in [6.45, 7) is 8.14. The fourth-order valence-electron chi connectivity index (χ4n) is 3.33. The van der Waals surface area contributed by atoms with Crippen LogP contribution in [0.4, 0.5) is 0 Å². The first kappa shape index (κ1) is 19.0. The van der Waals surface area contributed by atoms with E-state index in [0.717, 1.165) is 61.5 Å². The van der Waals surface area contributed by atoms with Gasteiger partial charge in [0.25, 0.3) is 0 Å². The average molecular weight is 378 g/mol. The average Bonchev–Trinajstić information content (AvgIpc) is 3.28. The fourth-order valence-corrected chi connectivity index (χ4v) is 4.23. The topological polar surface area (TPSA) is 76.2 Å². The van der Waals surface area contributed by atoms with Crippen LogP contribution in [0, 0.1) is 12.8 Å². The molecule has 2 aromatic rings. The van der Waals surface area contributed by atoms with Crippen molar-refractivity contribution in [2.45, 2.75) is 44.9 Å². The van der Waals surface area contributed by atoms with Crippen LogP contribution in [-0.2, 0) is 17.9 Å². The van der Waals surface area contributed by atoms with Gasteiger partial charge in [0.2, 0.25) is 5.91 Å². The Balaban J connectivity index is 1.40. The van der Waals surface area contributed by atoms with Crippen molar-refractivity contribution >= 4 is 17.7 Å². The SMILES string of the molecule is CCn1c(C)nnc1SCCNC(=O)C1CCCN(Cc2ccco2)C1. The van der Waals surface area contributed by atoms with Crippen molar-refractivity contribution < 1.29 is 9.21 Å². The highest BCUT2D eigenvalue weighted by atomic mass is 32.2. The number of furan rings is 1. The monoisotopic (exact) mass is 377 g/mol. The molecule has 1 saturated heterocycles. The molecular weight excluding hydrogens is 350 g/mol. The summed E-state index contributed by atoms with van der Waals surface area (Å²) in [6, 6.07) is 3.89. The Labute approximate surface area is 158 Å². The summed E-state index contributed by atoms with van der Waals surface area (Å²) >= 11 is 1.64. The normalized spacial score (nSPS) is 18.2. The van der Waals surface area contributed by atoms with Gasteiger partial charge in [0, 0.05) is 25.4 Å². The van der Waals surface area contributed by atoms with Crippen molar-refractivity contribution in [2.75, 3.05) is 25.4 Å². The van der Waals surface area contributed by atoms with E-state index in [1.54, 1.807) is 18.0 Å². The molecule has 0 saturated carbocycles. The lowest BCUT2D eigenvalue weighted by molar-refractivity contribution is -0.126. The molecule has 0 bridgehead atoms. The molecule has 142 valence electrons. The van der Waals surface area contributed by atoms with Crippen molar-refractivity contribution in [3.8, 4) is 0 Å². The summed E-state index contributed by atoms with van der Waals surface area (Å²) in [5, 5.41) is 12.3. The lowest BCUT2D eigenvalue weighted by Crippen LogP contribution is -2.43. The molecule has 3 heterocycles. The van der Waals surface area contributed by atoms with Crippen LogP contribution < -0.4 is 5.32 Å². The number of carbonyl (C=O) groups excluding carboxylic acids is 1. The molecule has 1 unspecified atom stereocenters. The van der Waals surface area contributed by atoms with Crippen molar-refractivity contribution in [2.24, 2.45) is 5.92 Å². The third-order valence-electron chi connectivity index (χ3n) is 4.69. The Kier molecular flexibility index (Phi) is 6.73. The molecule has 1 aliphatic rings. The highest BCUT2D eigenvalue weighted by molar-refractivity contribution is 7.99. The summed E-state index contributed by atoms with van der Waals surface area (Å²) in [6.07, 6.45) is 3.70. The van der Waals surface area contributed by atoms with E-state index in [2.05, 4.69) is 31.9 Å². The van der Waals surface area contributed by atoms with Crippen molar-refractivity contribution in [3.05, 3.63) is 30.0 Å². The molecule has 0 aromatic carbocycles. The number of rotatable bonds is 8. The van der Waals surface area contributed by atoms with Gasteiger partial charge in [-0.25, -0.2) is 0 Å². The number of carbonyl (C=O) groups is 1. The van der Waals surface area contributed by atoms with E-state index in [4.69, 9.17) is 4.42 Å². The van der Waals surface area contributed by atoms with Gasteiger partial charge in [-0.15, -0.1) is 10.2 Å². The molecule has 0 radical (unpaired) electrons. The predicted octanol–water partition coefficient (Wildman–Crippen LogP) is 2.32. The van der Waals surface area contributed by atoms with Crippen LogP contribution in [0.5, 0.6) is 0 Å². The quantitative estimate of drug-likeness (QED) is 0.562. The number of amides is 1. The summed E-state index contributed by atoms with van der Waals surface area (Å²) < 4.78 is 7.50. The van der Waals surface area contributed by atoms with Crippen LogP contribution in [0.1, 0.15) is 31.4 Å². The molecule has 8 heteroatoms. The number of hydrogen-bond acceptors (Lipinski definition) is 6. The smallest absolute Gasteiger partial charge is 0.224 e. The minimum Gasteiger partial charge on any atom is -0.468 e. The minimum atomic E-state index is 0.0604. The highest BCUT2D eigenvalue weighted by Crippen LogP contribution is 2.19. The van der Waals surface area contributed by atoms with Crippen molar-refractivity contribution in [1.29, 1.82) is 0 Å². The van der Waals surface area contributed by atoms with Crippen molar-refractivity contribution in [1.82, 2.24) is 25.0 Å². The number of hydrogen-bond donors (Lipinski definition) is 1. The zero-order chi connectivity index (χ0) is 18.4. The van der Waals surface area contributed by atoms with E-state index in [1.807, 2.05) is 19.1 Å². The van der Waals surface area contributed by atoms with Gasteiger partial charge in [-0.1, -0.05) is 11.8 Å². The molecule has 3 rings (SSSR count). The maximum atomic E-state index is 12.5. The number of aryl methyl sites for hydroxylation is 1. The zero-order valence-electron chi connectivity index (χ0n) is 15.5. The van der Waals surface area contributed by atoms with Gasteiger partial charge < -0.3 is 14.3 Å². The summed E-state index contributed by atoms with van der Waals surface area (Å²) in [4.78, 5) is 14.8. The van der Waals surface area contributed by atoms with Crippen LogP contribution in [0.3, 0.4) is 0 Å². The predicted molar refractivity (Wildman–Crippen MR) is 101 cm³/mol. The van der Waals surface area contributed by atoms with Gasteiger partial charge in [-0.3, -0.25) is 9.69 Å². The van der Waals surface area contributed by atoms with E-state index in [0.29, 0.717) is 6.54 Å². The van der Waals surface area contributed by atoms with Crippen LogP contribution >= 0.6 is 11.8 Å². The highest BCUT2D eigenvalue weighted by Gasteiger charge is 2.26. The van der Waals surface area contributed by atoms with E-state index in [-0.39, 0.29) is 11.8 Å². The Bertz CT molecular complexity index is 701. The van der Waals surface area contributed by atoms with E-state index >= 15 is 0 Å². The minimum absolute atomic E-state index is 0.0604. The second-order valence-corrected chi connectivity index (χ2v) is 7.63. The maximum absolute atomic E-state index is 12.5. The first-order chi connectivity index (χ1) is 12.7. The molecule has 1 N–H and O–H groups in total. The van der Waals surface area contributed by atoms with Crippen LogP contribution in [-0.4, -0.2) is 51.0 Å². The number of likely N-dealkylation sites (tertiary alicyclic amines) is 1. The van der Waals surface area contributed by atoms with Crippen LogP contribution in [0.25, 0.3) is 0 Å². The first-order valence-electron chi connectivity index (χ1n) is 9.22. The molecule has 7 nitrogen and oxygen atoms in total. The number of nitrogens with one attached hydrogen (secondary N) is 1. The number of thioether (sulfide) groups is 1. The standard InChI is InChI=1S/C18H27N5O2S/c1-3-23-14(2)20-21-18(23)26-11-8-19-17(24)15-6-4-9-22(12-15)13-16-7-5-10-25-16/h5,7,10,15H,3-4,6,8-9,11-13H2,1-2H3,(H,19,24). The van der Waals surface area contributed by atoms with Gasteiger partial charge in [-0.2, -0.15) is 0 Å². The number of piperidine rings is 1. The summed E-state index contributed by atoms with van der Waals surface area (Å²) in [5.74, 6) is 2.90. The maximum Gasteiger partial charge on any atom is 0.224 e. The Morgan fingerprint density at radius 3 is 3.12 bits per heavy atom. The molecule has 0 spiro atoms. The van der Waals surface area contributed by atoms with Crippen molar-refractivity contribution in [3.63, 3.8) is 0 Å².